The highest BCUT2D eigenvalue weighted by molar-refractivity contribution is 6.31. The number of aromatic nitrogens is 4. The van der Waals surface area contributed by atoms with E-state index in [0.717, 1.165) is 38.3 Å². The van der Waals surface area contributed by atoms with E-state index in [4.69, 9.17) is 22.3 Å². The quantitative estimate of drug-likeness (QED) is 0.489. The van der Waals surface area contributed by atoms with Gasteiger partial charge in [0.05, 0.1) is 16.1 Å². The molecule has 0 spiro atoms. The van der Waals surface area contributed by atoms with Crippen molar-refractivity contribution in [3.63, 3.8) is 0 Å². The number of benzene rings is 2. The first-order valence-electron chi connectivity index (χ1n) is 10.6. The number of fused-ring (bicyclic) bond motifs is 1. The molecule has 1 fully saturated rings. The Balaban J connectivity index is 1.43. The van der Waals surface area contributed by atoms with Crippen molar-refractivity contribution in [2.75, 3.05) is 36.8 Å². The zero-order valence-corrected chi connectivity index (χ0v) is 18.7. The zero-order valence-electron chi connectivity index (χ0n) is 18.0. The molecule has 1 saturated heterocycles. The number of nitrogens with two attached hydrogens (primary N) is 1. The van der Waals surface area contributed by atoms with Gasteiger partial charge in [-0.2, -0.15) is 10.1 Å². The van der Waals surface area contributed by atoms with Gasteiger partial charge in [0, 0.05) is 45.3 Å². The summed E-state index contributed by atoms with van der Waals surface area (Å²) < 4.78 is 28.5. The lowest BCUT2D eigenvalue weighted by atomic mass is 10.1. The first-order chi connectivity index (χ1) is 15.9. The summed E-state index contributed by atoms with van der Waals surface area (Å²) in [5.74, 6) is 0.237. The minimum Gasteiger partial charge on any atom is -0.383 e. The van der Waals surface area contributed by atoms with Crippen LogP contribution in [0, 0.1) is 11.6 Å². The monoisotopic (exact) mass is 469 g/mol. The molecule has 0 atom stereocenters. The lowest BCUT2D eigenvalue weighted by Crippen LogP contribution is -2.46. The van der Waals surface area contributed by atoms with Crippen molar-refractivity contribution >= 4 is 34.4 Å². The van der Waals surface area contributed by atoms with E-state index >= 15 is 0 Å². The summed E-state index contributed by atoms with van der Waals surface area (Å²) >= 11 is 6.03. The summed E-state index contributed by atoms with van der Waals surface area (Å²) in [6.07, 6.45) is 0. The fraction of sp³-hybridized carbons (Fsp3) is 0.261. The number of nitrogens with zero attached hydrogens (tertiary/aromatic N) is 6. The molecule has 170 valence electrons. The summed E-state index contributed by atoms with van der Waals surface area (Å²) in [4.78, 5) is 13.9. The number of rotatable bonds is 4. The molecule has 3 heterocycles. The number of anilines is 2. The third-order valence-electron chi connectivity index (χ3n) is 5.90. The Hall–Kier alpha value is -3.30. The molecule has 0 radical (unpaired) electrons. The van der Waals surface area contributed by atoms with Crippen LogP contribution in [-0.4, -0.2) is 50.8 Å². The Kier molecular flexibility index (Phi) is 5.59. The molecule has 2 aromatic carbocycles. The standard InChI is InChI=1S/C23H22ClF2N7/c1-31-21(27)19-20(15-4-7-18(26)17(24)12-15)28-23(29-22(19)30-31)33-10-8-32(9-11-33)13-14-2-5-16(25)6-3-14/h2-7,12H,8-11,13,27H2,1H3. The maximum atomic E-state index is 13.8. The molecular formula is C23H22ClF2N7. The van der Waals surface area contributed by atoms with Gasteiger partial charge in [-0.3, -0.25) is 9.58 Å². The van der Waals surface area contributed by atoms with Gasteiger partial charge in [0.15, 0.2) is 5.65 Å². The van der Waals surface area contributed by atoms with Crippen LogP contribution in [0.2, 0.25) is 5.02 Å². The van der Waals surface area contributed by atoms with E-state index < -0.39 is 5.82 Å². The average molecular weight is 470 g/mol. The van der Waals surface area contributed by atoms with Crippen LogP contribution < -0.4 is 10.6 Å². The number of hydrogen-bond donors (Lipinski definition) is 1. The number of nitrogen functional groups attached to an aromatic ring is 1. The fourth-order valence-electron chi connectivity index (χ4n) is 4.05. The highest BCUT2D eigenvalue weighted by atomic mass is 35.5. The van der Waals surface area contributed by atoms with Gasteiger partial charge in [-0.15, -0.1) is 0 Å². The molecule has 7 nitrogen and oxygen atoms in total. The first-order valence-corrected chi connectivity index (χ1v) is 10.9. The van der Waals surface area contributed by atoms with Crippen molar-refractivity contribution in [3.05, 3.63) is 64.7 Å². The molecule has 0 aliphatic carbocycles. The normalized spacial score (nSPS) is 14.8. The van der Waals surface area contributed by atoms with Crippen molar-refractivity contribution in [2.24, 2.45) is 7.05 Å². The minimum absolute atomic E-state index is 0.0117. The number of piperazine rings is 1. The first kappa shape index (κ1) is 21.5. The number of halogens is 3. The maximum absolute atomic E-state index is 13.8. The van der Waals surface area contributed by atoms with Crippen LogP contribution in [0.25, 0.3) is 22.3 Å². The minimum atomic E-state index is -0.498. The van der Waals surface area contributed by atoms with Crippen molar-refractivity contribution in [3.8, 4) is 11.3 Å². The Morgan fingerprint density at radius 1 is 1.00 bits per heavy atom. The van der Waals surface area contributed by atoms with E-state index in [1.54, 1.807) is 17.8 Å². The summed E-state index contributed by atoms with van der Waals surface area (Å²) in [5, 5.41) is 5.06. The van der Waals surface area contributed by atoms with Crippen molar-refractivity contribution in [1.29, 1.82) is 0 Å². The molecule has 0 saturated carbocycles. The zero-order chi connectivity index (χ0) is 23.1. The van der Waals surface area contributed by atoms with Gasteiger partial charge in [0.2, 0.25) is 5.95 Å². The second kappa shape index (κ2) is 8.57. The Bertz CT molecular complexity index is 1310. The Morgan fingerprint density at radius 3 is 2.42 bits per heavy atom. The third-order valence-corrected chi connectivity index (χ3v) is 6.18. The summed E-state index contributed by atoms with van der Waals surface area (Å²) in [6, 6.07) is 11.1. The van der Waals surface area contributed by atoms with Crippen LogP contribution >= 0.6 is 11.6 Å². The van der Waals surface area contributed by atoms with Gasteiger partial charge in [0.1, 0.15) is 17.5 Å². The van der Waals surface area contributed by atoms with Gasteiger partial charge < -0.3 is 10.6 Å². The van der Waals surface area contributed by atoms with E-state index in [2.05, 4.69) is 19.9 Å². The van der Waals surface area contributed by atoms with Gasteiger partial charge in [0.25, 0.3) is 0 Å². The number of hydrogen-bond acceptors (Lipinski definition) is 6. The molecule has 1 aliphatic heterocycles. The molecule has 2 N–H and O–H groups in total. The van der Waals surface area contributed by atoms with E-state index in [9.17, 15) is 8.78 Å². The summed E-state index contributed by atoms with van der Waals surface area (Å²) in [5.41, 5.74) is 9.00. The van der Waals surface area contributed by atoms with Crippen LogP contribution in [-0.2, 0) is 13.6 Å². The van der Waals surface area contributed by atoms with Crippen LogP contribution in [0.5, 0.6) is 0 Å². The van der Waals surface area contributed by atoms with Crippen LogP contribution in [0.4, 0.5) is 20.5 Å². The summed E-state index contributed by atoms with van der Waals surface area (Å²) in [6.45, 7) is 3.81. The van der Waals surface area contributed by atoms with Gasteiger partial charge in [-0.05, 0) is 35.9 Å². The van der Waals surface area contributed by atoms with Crippen LogP contribution in [0.1, 0.15) is 5.56 Å². The highest BCUT2D eigenvalue weighted by Gasteiger charge is 2.23. The molecule has 10 heteroatoms. The highest BCUT2D eigenvalue weighted by Crippen LogP contribution is 2.33. The predicted molar refractivity (Wildman–Crippen MR) is 125 cm³/mol. The van der Waals surface area contributed by atoms with Crippen LogP contribution in [0.3, 0.4) is 0 Å². The SMILES string of the molecule is Cn1nc2nc(N3CCN(Cc4ccc(F)cc4)CC3)nc(-c3ccc(F)c(Cl)c3)c2c1N. The Morgan fingerprint density at radius 2 is 1.73 bits per heavy atom. The molecule has 0 bridgehead atoms. The van der Waals surface area contributed by atoms with E-state index in [0.29, 0.717) is 34.1 Å². The second-order valence-electron chi connectivity index (χ2n) is 8.10. The van der Waals surface area contributed by atoms with E-state index in [1.807, 2.05) is 12.1 Å². The topological polar surface area (TPSA) is 76.1 Å². The molecule has 4 aromatic rings. The molecule has 33 heavy (non-hydrogen) atoms. The third kappa shape index (κ3) is 4.21. The summed E-state index contributed by atoms with van der Waals surface area (Å²) in [7, 11) is 1.74. The second-order valence-corrected chi connectivity index (χ2v) is 8.51. The molecule has 1 aliphatic rings. The Labute approximate surface area is 194 Å². The van der Waals surface area contributed by atoms with Gasteiger partial charge in [-0.1, -0.05) is 23.7 Å². The smallest absolute Gasteiger partial charge is 0.228 e. The lowest BCUT2D eigenvalue weighted by Gasteiger charge is -2.34. The van der Waals surface area contributed by atoms with Crippen LogP contribution in [0.15, 0.2) is 42.5 Å². The molecule has 5 rings (SSSR count). The number of aryl methyl sites for hydroxylation is 1. The lowest BCUT2D eigenvalue weighted by molar-refractivity contribution is 0.248. The largest absolute Gasteiger partial charge is 0.383 e. The average Bonchev–Trinajstić information content (AvgIpc) is 3.10. The fourth-order valence-corrected chi connectivity index (χ4v) is 4.23. The van der Waals surface area contributed by atoms with Gasteiger partial charge in [-0.25, -0.2) is 13.8 Å². The maximum Gasteiger partial charge on any atom is 0.228 e. The van der Waals surface area contributed by atoms with E-state index in [-0.39, 0.29) is 10.8 Å². The molecule has 0 unspecified atom stereocenters. The van der Waals surface area contributed by atoms with Crippen molar-refractivity contribution < 1.29 is 8.78 Å². The molecule has 0 amide bonds. The van der Waals surface area contributed by atoms with Crippen molar-refractivity contribution in [2.45, 2.75) is 6.54 Å². The predicted octanol–water partition coefficient (Wildman–Crippen LogP) is 3.87. The molecular weight excluding hydrogens is 448 g/mol. The van der Waals surface area contributed by atoms with Crippen molar-refractivity contribution in [1.82, 2.24) is 24.6 Å². The van der Waals surface area contributed by atoms with Gasteiger partial charge >= 0.3 is 0 Å². The van der Waals surface area contributed by atoms with E-state index in [1.165, 1.54) is 24.3 Å². The molecule has 2 aromatic heterocycles.